The minimum Gasteiger partial charge on any atom is -0.454 e. The summed E-state index contributed by atoms with van der Waals surface area (Å²) in [6.45, 7) is 9.15. The van der Waals surface area contributed by atoms with Crippen LogP contribution in [0.15, 0.2) is 36.4 Å². The molecule has 0 unspecified atom stereocenters. The van der Waals surface area contributed by atoms with Crippen LogP contribution in [-0.2, 0) is 26.9 Å². The summed E-state index contributed by atoms with van der Waals surface area (Å²) in [5.74, 6) is 1.25. The van der Waals surface area contributed by atoms with Gasteiger partial charge in [-0.05, 0) is 61.4 Å². The van der Waals surface area contributed by atoms with Crippen molar-refractivity contribution in [2.24, 2.45) is 5.92 Å². The Morgan fingerprint density at radius 3 is 2.56 bits per heavy atom. The molecule has 1 N–H and O–H groups in total. The van der Waals surface area contributed by atoms with Gasteiger partial charge in [-0.15, -0.1) is 0 Å². The average Bonchev–Trinajstić information content (AvgIpc) is 3.41. The maximum absolute atomic E-state index is 15.5. The summed E-state index contributed by atoms with van der Waals surface area (Å²) in [5.41, 5.74) is 2.39. The lowest BCUT2D eigenvalue weighted by molar-refractivity contribution is -0.118. The molecule has 0 radical (unpaired) electrons. The first-order chi connectivity index (χ1) is 17.2. The van der Waals surface area contributed by atoms with Crippen LogP contribution in [0.4, 0.5) is 10.1 Å². The molecule has 3 aliphatic rings. The minimum absolute atomic E-state index is 0.0957. The average molecular weight is 493 g/mol. The minimum atomic E-state index is -0.659. The number of hydrogen-bond donors (Lipinski definition) is 1. The third-order valence-electron chi connectivity index (χ3n) is 7.90. The van der Waals surface area contributed by atoms with Crippen molar-refractivity contribution >= 4 is 22.5 Å². The second kappa shape index (κ2) is 8.51. The number of rotatable bonds is 5. The highest BCUT2D eigenvalue weighted by Crippen LogP contribution is 2.51. The fourth-order valence-corrected chi connectivity index (χ4v) is 5.59. The predicted molar refractivity (Wildman–Crippen MR) is 136 cm³/mol. The van der Waals surface area contributed by atoms with Gasteiger partial charge in [0.15, 0.2) is 11.5 Å². The number of nitrogens with one attached hydrogen (secondary N) is 1. The maximum Gasteiger partial charge on any atom is 0.235 e. The largest absolute Gasteiger partial charge is 0.454 e. The van der Waals surface area contributed by atoms with Gasteiger partial charge in [0, 0.05) is 42.3 Å². The molecule has 1 aromatic heterocycles. The third-order valence-corrected chi connectivity index (χ3v) is 7.90. The van der Waals surface area contributed by atoms with E-state index in [9.17, 15) is 4.79 Å². The lowest BCUT2D eigenvalue weighted by atomic mass is 9.91. The SMILES string of the molecule is CC(C)(C)c1cc2cc(NC(=O)C3(c4ccc5c(c4)OCO5)CC3)c(F)cc2n1CC1CCOCC1. The normalized spacial score (nSPS) is 19.0. The molecule has 36 heavy (non-hydrogen) atoms. The standard InChI is InChI=1S/C29H33FN2O4/c1-28(2,3)26-13-19-12-22(21(30)15-23(19)32(26)16-18-6-10-34-11-7-18)31-27(33)29(8-9-29)20-4-5-24-25(14-20)36-17-35-24/h4-5,12-15,18H,6-11,16-17H2,1-3H3,(H,31,33). The van der Waals surface area contributed by atoms with Crippen LogP contribution in [0.2, 0.25) is 0 Å². The molecular formula is C29H33FN2O4. The van der Waals surface area contributed by atoms with Crippen LogP contribution in [0, 0.1) is 11.7 Å². The highest BCUT2D eigenvalue weighted by molar-refractivity contribution is 6.02. The summed E-state index contributed by atoms with van der Waals surface area (Å²) in [5, 5.41) is 3.85. The highest BCUT2D eigenvalue weighted by atomic mass is 19.1. The zero-order valence-electron chi connectivity index (χ0n) is 21.2. The van der Waals surface area contributed by atoms with Crippen LogP contribution in [0.3, 0.4) is 0 Å². The van der Waals surface area contributed by atoms with Gasteiger partial charge in [-0.2, -0.15) is 0 Å². The molecule has 0 atom stereocenters. The van der Waals surface area contributed by atoms with Gasteiger partial charge in [-0.25, -0.2) is 4.39 Å². The van der Waals surface area contributed by atoms with Crippen molar-refractivity contribution < 1.29 is 23.4 Å². The lowest BCUT2D eigenvalue weighted by Crippen LogP contribution is -2.28. The monoisotopic (exact) mass is 492 g/mol. The van der Waals surface area contributed by atoms with Crippen molar-refractivity contribution in [3.05, 3.63) is 53.5 Å². The number of fused-ring (bicyclic) bond motifs is 2. The Labute approximate surface area is 210 Å². The highest BCUT2D eigenvalue weighted by Gasteiger charge is 2.52. The van der Waals surface area contributed by atoms with Gasteiger partial charge in [0.1, 0.15) is 5.82 Å². The van der Waals surface area contributed by atoms with E-state index in [1.807, 2.05) is 18.2 Å². The Kier molecular flexibility index (Phi) is 5.52. The topological polar surface area (TPSA) is 61.7 Å². The molecule has 7 heteroatoms. The van der Waals surface area contributed by atoms with E-state index in [1.165, 1.54) is 5.69 Å². The zero-order chi connectivity index (χ0) is 25.1. The molecular weight excluding hydrogens is 459 g/mol. The molecule has 1 amide bonds. The summed E-state index contributed by atoms with van der Waals surface area (Å²) in [6.07, 6.45) is 3.47. The number of anilines is 1. The third kappa shape index (κ3) is 4.03. The molecule has 1 saturated carbocycles. The van der Waals surface area contributed by atoms with E-state index in [-0.39, 0.29) is 23.8 Å². The molecule has 190 valence electrons. The fraction of sp³-hybridized carbons (Fsp3) is 0.483. The Morgan fingerprint density at radius 1 is 1.08 bits per heavy atom. The molecule has 2 aromatic carbocycles. The number of carbonyl (C=O) groups is 1. The van der Waals surface area contributed by atoms with Gasteiger partial charge in [0.25, 0.3) is 0 Å². The Bertz CT molecular complexity index is 1330. The fourth-order valence-electron chi connectivity index (χ4n) is 5.59. The van der Waals surface area contributed by atoms with Crippen molar-refractivity contribution in [2.75, 3.05) is 25.3 Å². The number of nitrogens with zero attached hydrogens (tertiary/aromatic N) is 1. The number of hydrogen-bond acceptors (Lipinski definition) is 4. The summed E-state index contributed by atoms with van der Waals surface area (Å²) >= 11 is 0. The van der Waals surface area contributed by atoms with E-state index < -0.39 is 11.2 Å². The first kappa shape index (κ1) is 23.3. The first-order valence-corrected chi connectivity index (χ1v) is 12.9. The van der Waals surface area contributed by atoms with Crippen molar-refractivity contribution in [2.45, 2.75) is 63.8 Å². The number of aromatic nitrogens is 1. The quantitative estimate of drug-likeness (QED) is 0.482. The molecule has 1 aliphatic carbocycles. The number of ether oxygens (including phenoxy) is 3. The van der Waals surface area contributed by atoms with Gasteiger partial charge in [0.2, 0.25) is 12.7 Å². The number of amides is 1. The van der Waals surface area contributed by atoms with E-state index in [1.54, 1.807) is 12.1 Å². The van der Waals surface area contributed by atoms with E-state index in [2.05, 4.69) is 36.7 Å². The second-order valence-electron chi connectivity index (χ2n) is 11.4. The maximum atomic E-state index is 15.5. The molecule has 0 bridgehead atoms. The summed E-state index contributed by atoms with van der Waals surface area (Å²) in [6, 6.07) is 11.1. The van der Waals surface area contributed by atoms with Gasteiger partial charge >= 0.3 is 0 Å². The van der Waals surface area contributed by atoms with E-state index in [0.29, 0.717) is 17.4 Å². The summed E-state index contributed by atoms with van der Waals surface area (Å²) in [4.78, 5) is 13.4. The molecule has 3 heterocycles. The van der Waals surface area contributed by atoms with Crippen molar-refractivity contribution in [1.82, 2.24) is 4.57 Å². The molecule has 6 rings (SSSR count). The van der Waals surface area contributed by atoms with Gasteiger partial charge in [-0.3, -0.25) is 4.79 Å². The van der Waals surface area contributed by atoms with Crippen LogP contribution in [0.1, 0.15) is 57.7 Å². The Hall–Kier alpha value is -3.06. The van der Waals surface area contributed by atoms with Crippen LogP contribution in [0.25, 0.3) is 10.9 Å². The van der Waals surface area contributed by atoms with Crippen LogP contribution >= 0.6 is 0 Å². The lowest BCUT2D eigenvalue weighted by Gasteiger charge is -2.27. The summed E-state index contributed by atoms with van der Waals surface area (Å²) in [7, 11) is 0. The van der Waals surface area contributed by atoms with Crippen molar-refractivity contribution in [3.63, 3.8) is 0 Å². The molecule has 1 saturated heterocycles. The summed E-state index contributed by atoms with van der Waals surface area (Å²) < 4.78 is 34.2. The zero-order valence-corrected chi connectivity index (χ0v) is 21.2. The van der Waals surface area contributed by atoms with Crippen LogP contribution < -0.4 is 14.8 Å². The van der Waals surface area contributed by atoms with Crippen molar-refractivity contribution in [1.29, 1.82) is 0 Å². The van der Waals surface area contributed by atoms with Crippen LogP contribution in [0.5, 0.6) is 11.5 Å². The van der Waals surface area contributed by atoms with Crippen LogP contribution in [-0.4, -0.2) is 30.5 Å². The number of benzene rings is 2. The van der Waals surface area contributed by atoms with Crippen molar-refractivity contribution in [3.8, 4) is 11.5 Å². The second-order valence-corrected chi connectivity index (χ2v) is 11.4. The molecule has 2 fully saturated rings. The number of carbonyl (C=O) groups excluding carboxylic acids is 1. The van der Waals surface area contributed by atoms with E-state index >= 15 is 4.39 Å². The molecule has 2 aliphatic heterocycles. The Balaban J connectivity index is 1.31. The smallest absolute Gasteiger partial charge is 0.235 e. The van der Waals surface area contributed by atoms with Gasteiger partial charge in [-0.1, -0.05) is 26.8 Å². The van der Waals surface area contributed by atoms with Gasteiger partial charge in [0.05, 0.1) is 16.6 Å². The molecule has 6 nitrogen and oxygen atoms in total. The van der Waals surface area contributed by atoms with E-state index in [4.69, 9.17) is 14.2 Å². The predicted octanol–water partition coefficient (Wildman–Crippen LogP) is 5.90. The van der Waals surface area contributed by atoms with Gasteiger partial charge < -0.3 is 24.1 Å². The molecule has 3 aromatic rings. The first-order valence-electron chi connectivity index (χ1n) is 12.9. The molecule has 0 spiro atoms. The van der Waals surface area contributed by atoms with E-state index in [0.717, 1.165) is 61.9 Å². The Morgan fingerprint density at radius 2 is 1.83 bits per heavy atom. The number of halogens is 1.